The molecule has 0 aliphatic carbocycles. The van der Waals surface area contributed by atoms with E-state index >= 15 is 0 Å². The molecule has 1 heterocycles. The molecular formula is C16H25N3O5S. The predicted molar refractivity (Wildman–Crippen MR) is 95.8 cm³/mol. The number of carbonyl (C=O) groups is 1. The number of hydrogen-bond acceptors (Lipinski definition) is 6. The lowest BCUT2D eigenvalue weighted by molar-refractivity contribution is 0.0383. The molecule has 25 heavy (non-hydrogen) atoms. The second kappa shape index (κ2) is 8.50. The van der Waals surface area contributed by atoms with Gasteiger partial charge < -0.3 is 14.8 Å². The molecule has 1 aromatic rings. The Kier molecular flexibility index (Phi) is 6.63. The van der Waals surface area contributed by atoms with Crippen LogP contribution >= 0.6 is 0 Å². The largest absolute Gasteiger partial charge is 0.496 e. The number of benzene rings is 1. The smallest absolute Gasteiger partial charge is 0.255 e. The zero-order chi connectivity index (χ0) is 18.4. The van der Waals surface area contributed by atoms with Gasteiger partial charge in [0.15, 0.2) is 0 Å². The molecule has 1 saturated heterocycles. The third kappa shape index (κ3) is 5.32. The summed E-state index contributed by atoms with van der Waals surface area (Å²) >= 11 is 0. The van der Waals surface area contributed by atoms with E-state index in [1.54, 1.807) is 12.1 Å². The lowest BCUT2D eigenvalue weighted by Crippen LogP contribution is -2.41. The van der Waals surface area contributed by atoms with Gasteiger partial charge in [0.2, 0.25) is 10.0 Å². The zero-order valence-electron chi connectivity index (χ0n) is 14.8. The number of amides is 1. The maximum absolute atomic E-state index is 12.5. The van der Waals surface area contributed by atoms with Crippen molar-refractivity contribution in [2.75, 3.05) is 64.1 Å². The Labute approximate surface area is 148 Å². The van der Waals surface area contributed by atoms with Crippen LogP contribution in [-0.4, -0.2) is 79.0 Å². The standard InChI is InChI=1S/C16H25N3O5S/c1-18(25(3,21)22)13-4-5-15(23-2)14(12-13)16(20)17-6-7-19-8-10-24-11-9-19/h4-5,12H,6-11H2,1-3H3,(H,17,20). The van der Waals surface area contributed by atoms with E-state index in [0.717, 1.165) is 30.2 Å². The van der Waals surface area contributed by atoms with Crippen LogP contribution in [0.2, 0.25) is 0 Å². The van der Waals surface area contributed by atoms with Gasteiger partial charge in [-0.05, 0) is 18.2 Å². The maximum Gasteiger partial charge on any atom is 0.255 e. The number of anilines is 1. The van der Waals surface area contributed by atoms with Gasteiger partial charge in [-0.1, -0.05) is 0 Å². The summed E-state index contributed by atoms with van der Waals surface area (Å²) in [7, 11) is -0.493. The molecule has 0 saturated carbocycles. The third-order valence-corrected chi connectivity index (χ3v) is 5.31. The number of nitrogens with zero attached hydrogens (tertiary/aromatic N) is 2. The minimum absolute atomic E-state index is 0.297. The summed E-state index contributed by atoms with van der Waals surface area (Å²) in [6.07, 6.45) is 1.11. The molecule has 0 bridgehead atoms. The molecule has 140 valence electrons. The molecule has 8 nitrogen and oxygen atoms in total. The lowest BCUT2D eigenvalue weighted by atomic mass is 10.1. The summed E-state index contributed by atoms with van der Waals surface area (Å²) in [5.74, 6) is 0.100. The molecule has 1 fully saturated rings. The van der Waals surface area contributed by atoms with Gasteiger partial charge in [0.05, 0.1) is 37.8 Å². The molecule has 1 aromatic carbocycles. The van der Waals surface area contributed by atoms with E-state index in [2.05, 4.69) is 10.2 Å². The van der Waals surface area contributed by atoms with Crippen LogP contribution < -0.4 is 14.4 Å². The number of morpholine rings is 1. The van der Waals surface area contributed by atoms with Crippen molar-refractivity contribution in [1.82, 2.24) is 10.2 Å². The number of hydrogen-bond donors (Lipinski definition) is 1. The molecule has 0 atom stereocenters. The molecule has 1 aliphatic heterocycles. The monoisotopic (exact) mass is 371 g/mol. The maximum atomic E-state index is 12.5. The minimum Gasteiger partial charge on any atom is -0.496 e. The molecule has 9 heteroatoms. The van der Waals surface area contributed by atoms with Crippen molar-refractivity contribution in [2.24, 2.45) is 0 Å². The molecular weight excluding hydrogens is 346 g/mol. The fraction of sp³-hybridized carbons (Fsp3) is 0.562. The number of methoxy groups -OCH3 is 1. The van der Waals surface area contributed by atoms with Crippen LogP contribution in [0.4, 0.5) is 5.69 Å². The first-order valence-corrected chi connectivity index (χ1v) is 9.88. The second-order valence-electron chi connectivity index (χ2n) is 5.82. The first-order chi connectivity index (χ1) is 11.8. The molecule has 1 N–H and O–H groups in total. The average molecular weight is 371 g/mol. The summed E-state index contributed by atoms with van der Waals surface area (Å²) in [5, 5.41) is 2.86. The van der Waals surface area contributed by atoms with Crippen LogP contribution in [0, 0.1) is 0 Å². The van der Waals surface area contributed by atoms with Crippen molar-refractivity contribution >= 4 is 21.6 Å². The molecule has 0 spiro atoms. The number of rotatable bonds is 7. The number of nitrogens with one attached hydrogen (secondary N) is 1. The Bertz CT molecular complexity index is 702. The average Bonchev–Trinajstić information content (AvgIpc) is 2.60. The predicted octanol–water partition coefficient (Wildman–Crippen LogP) is 0.153. The summed E-state index contributed by atoms with van der Waals surface area (Å²) in [6, 6.07) is 4.71. The number of sulfonamides is 1. The number of carbonyl (C=O) groups excluding carboxylic acids is 1. The van der Waals surface area contributed by atoms with Gasteiger partial charge in [0, 0.05) is 33.2 Å². The SMILES string of the molecule is COc1ccc(N(C)S(C)(=O)=O)cc1C(=O)NCCN1CCOCC1. The summed E-state index contributed by atoms with van der Waals surface area (Å²) < 4.78 is 35.0. The van der Waals surface area contributed by atoms with Gasteiger partial charge in [0.1, 0.15) is 5.75 Å². The van der Waals surface area contributed by atoms with E-state index in [1.165, 1.54) is 20.2 Å². The zero-order valence-corrected chi connectivity index (χ0v) is 15.6. The van der Waals surface area contributed by atoms with Crippen LogP contribution in [0.1, 0.15) is 10.4 Å². The number of ether oxygens (including phenoxy) is 2. The van der Waals surface area contributed by atoms with Gasteiger partial charge >= 0.3 is 0 Å². The van der Waals surface area contributed by atoms with E-state index in [4.69, 9.17) is 9.47 Å². The highest BCUT2D eigenvalue weighted by Gasteiger charge is 2.18. The quantitative estimate of drug-likeness (QED) is 0.734. The van der Waals surface area contributed by atoms with Gasteiger partial charge in [-0.3, -0.25) is 14.0 Å². The molecule has 0 radical (unpaired) electrons. The van der Waals surface area contributed by atoms with Crippen LogP contribution in [0.15, 0.2) is 18.2 Å². The van der Waals surface area contributed by atoms with Gasteiger partial charge in [0.25, 0.3) is 5.91 Å². The summed E-state index contributed by atoms with van der Waals surface area (Å²) in [4.78, 5) is 14.7. The highest BCUT2D eigenvalue weighted by molar-refractivity contribution is 7.92. The van der Waals surface area contributed by atoms with Gasteiger partial charge in [-0.15, -0.1) is 0 Å². The van der Waals surface area contributed by atoms with Crippen LogP contribution in [0.25, 0.3) is 0 Å². The Morgan fingerprint density at radius 1 is 1.36 bits per heavy atom. The van der Waals surface area contributed by atoms with Crippen molar-refractivity contribution in [3.05, 3.63) is 23.8 Å². The van der Waals surface area contributed by atoms with Gasteiger partial charge in [-0.25, -0.2) is 8.42 Å². The van der Waals surface area contributed by atoms with E-state index in [9.17, 15) is 13.2 Å². The van der Waals surface area contributed by atoms with Crippen molar-refractivity contribution in [1.29, 1.82) is 0 Å². The normalized spacial score (nSPS) is 15.6. The fourth-order valence-electron chi connectivity index (χ4n) is 2.51. The first kappa shape index (κ1) is 19.5. The Hall–Kier alpha value is -1.84. The van der Waals surface area contributed by atoms with Crippen molar-refractivity contribution < 1.29 is 22.7 Å². The molecule has 0 unspecified atom stereocenters. The van der Waals surface area contributed by atoms with Crippen molar-refractivity contribution in [3.63, 3.8) is 0 Å². The second-order valence-corrected chi connectivity index (χ2v) is 7.84. The van der Waals surface area contributed by atoms with Crippen molar-refractivity contribution in [2.45, 2.75) is 0 Å². The van der Waals surface area contributed by atoms with E-state index < -0.39 is 10.0 Å². The third-order valence-electron chi connectivity index (χ3n) is 4.11. The Balaban J connectivity index is 2.06. The highest BCUT2D eigenvalue weighted by atomic mass is 32.2. The van der Waals surface area contributed by atoms with E-state index in [-0.39, 0.29) is 5.91 Å². The van der Waals surface area contributed by atoms with Crippen LogP contribution in [0.3, 0.4) is 0 Å². The Morgan fingerprint density at radius 3 is 2.64 bits per heavy atom. The molecule has 1 aliphatic rings. The van der Waals surface area contributed by atoms with Gasteiger partial charge in [-0.2, -0.15) is 0 Å². The first-order valence-electron chi connectivity index (χ1n) is 8.03. The van der Waals surface area contributed by atoms with E-state index in [1.807, 2.05) is 0 Å². The molecule has 2 rings (SSSR count). The molecule has 0 aromatic heterocycles. The lowest BCUT2D eigenvalue weighted by Gasteiger charge is -2.26. The Morgan fingerprint density at radius 2 is 2.04 bits per heavy atom. The fourth-order valence-corrected chi connectivity index (χ4v) is 3.00. The summed E-state index contributed by atoms with van der Waals surface area (Å²) in [6.45, 7) is 4.36. The topological polar surface area (TPSA) is 88.2 Å². The molecule has 1 amide bonds. The van der Waals surface area contributed by atoms with Crippen LogP contribution in [-0.2, 0) is 14.8 Å². The van der Waals surface area contributed by atoms with Crippen molar-refractivity contribution in [3.8, 4) is 5.75 Å². The highest BCUT2D eigenvalue weighted by Crippen LogP contribution is 2.25. The minimum atomic E-state index is -3.41. The van der Waals surface area contributed by atoms with Crippen LogP contribution in [0.5, 0.6) is 5.75 Å². The summed E-state index contributed by atoms with van der Waals surface area (Å²) in [5.41, 5.74) is 0.708. The van der Waals surface area contributed by atoms with E-state index in [0.29, 0.717) is 36.8 Å².